The number of hydrogen-bond acceptors (Lipinski definition) is 3. The maximum atomic E-state index is 8.76. The van der Waals surface area contributed by atoms with Crippen LogP contribution in [-0.4, -0.2) is 10.3 Å². The van der Waals surface area contributed by atoms with Crippen LogP contribution in [0.25, 0.3) is 0 Å². The molecule has 0 saturated heterocycles. The van der Waals surface area contributed by atoms with Gasteiger partial charge in [-0.15, -0.1) is 0 Å². The SMILES string of the molecule is OCc1cccc(N(O)Cl)c1. The van der Waals surface area contributed by atoms with E-state index in [2.05, 4.69) is 0 Å². The second-order valence-corrected chi connectivity index (χ2v) is 2.41. The monoisotopic (exact) mass is 173 g/mol. The summed E-state index contributed by atoms with van der Waals surface area (Å²) in [5, 5.41) is 17.5. The molecule has 4 heteroatoms. The van der Waals surface area contributed by atoms with Crippen molar-refractivity contribution in [3.63, 3.8) is 0 Å². The third-order valence-electron chi connectivity index (χ3n) is 1.31. The van der Waals surface area contributed by atoms with E-state index in [1.165, 1.54) is 0 Å². The number of aliphatic hydroxyl groups excluding tert-OH is 1. The quantitative estimate of drug-likeness (QED) is 0.527. The van der Waals surface area contributed by atoms with Crippen LogP contribution in [0.2, 0.25) is 0 Å². The van der Waals surface area contributed by atoms with Crippen molar-refractivity contribution < 1.29 is 10.3 Å². The van der Waals surface area contributed by atoms with Gasteiger partial charge in [0.1, 0.15) is 0 Å². The van der Waals surface area contributed by atoms with Gasteiger partial charge < -0.3 is 5.11 Å². The van der Waals surface area contributed by atoms with Gasteiger partial charge in [-0.2, -0.15) is 4.58 Å². The van der Waals surface area contributed by atoms with Crippen LogP contribution in [0.1, 0.15) is 5.56 Å². The summed E-state index contributed by atoms with van der Waals surface area (Å²) < 4.78 is 0.485. The number of hydrogen-bond donors (Lipinski definition) is 2. The van der Waals surface area contributed by atoms with Crippen molar-refractivity contribution >= 4 is 17.5 Å². The molecule has 0 aliphatic rings. The van der Waals surface area contributed by atoms with E-state index < -0.39 is 0 Å². The molecule has 0 heterocycles. The molecular formula is C7H8ClNO2. The van der Waals surface area contributed by atoms with Crippen molar-refractivity contribution in [2.24, 2.45) is 0 Å². The highest BCUT2D eigenvalue weighted by atomic mass is 35.5. The number of rotatable bonds is 2. The minimum atomic E-state index is -0.0570. The highest BCUT2D eigenvalue weighted by molar-refractivity contribution is 6.24. The fourth-order valence-electron chi connectivity index (χ4n) is 0.770. The maximum Gasteiger partial charge on any atom is 0.0828 e. The van der Waals surface area contributed by atoms with Gasteiger partial charge in [0, 0.05) is 11.8 Å². The van der Waals surface area contributed by atoms with E-state index in [-0.39, 0.29) is 6.61 Å². The average Bonchev–Trinajstić information content (AvgIpc) is 2.05. The van der Waals surface area contributed by atoms with Gasteiger partial charge in [0.2, 0.25) is 0 Å². The van der Waals surface area contributed by atoms with Crippen LogP contribution in [0.5, 0.6) is 0 Å². The molecular weight excluding hydrogens is 166 g/mol. The van der Waals surface area contributed by atoms with Gasteiger partial charge >= 0.3 is 0 Å². The first kappa shape index (κ1) is 8.33. The molecule has 2 N–H and O–H groups in total. The van der Waals surface area contributed by atoms with Crippen LogP contribution in [0.3, 0.4) is 0 Å². The molecule has 1 aromatic rings. The summed E-state index contributed by atoms with van der Waals surface area (Å²) in [5.41, 5.74) is 1.15. The van der Waals surface area contributed by atoms with E-state index >= 15 is 0 Å². The predicted molar refractivity (Wildman–Crippen MR) is 42.5 cm³/mol. The van der Waals surface area contributed by atoms with Gasteiger partial charge in [0.25, 0.3) is 0 Å². The van der Waals surface area contributed by atoms with Crippen LogP contribution in [0, 0.1) is 0 Å². The number of anilines is 1. The normalized spacial score (nSPS) is 9.73. The lowest BCUT2D eigenvalue weighted by atomic mass is 10.2. The van der Waals surface area contributed by atoms with Gasteiger partial charge in [-0.25, -0.2) is 0 Å². The second-order valence-electron chi connectivity index (χ2n) is 2.09. The Labute approximate surface area is 69.5 Å². The zero-order chi connectivity index (χ0) is 8.27. The Morgan fingerprint density at radius 1 is 1.45 bits per heavy atom. The van der Waals surface area contributed by atoms with Gasteiger partial charge in [0.15, 0.2) is 0 Å². The van der Waals surface area contributed by atoms with E-state index in [0.29, 0.717) is 15.8 Å². The zero-order valence-corrected chi connectivity index (χ0v) is 6.49. The molecule has 0 fully saturated rings. The zero-order valence-electron chi connectivity index (χ0n) is 5.74. The molecule has 0 spiro atoms. The Morgan fingerprint density at radius 3 is 2.73 bits per heavy atom. The Hall–Kier alpha value is -0.770. The lowest BCUT2D eigenvalue weighted by Crippen LogP contribution is -2.01. The standard InChI is InChI=1S/C7H8ClNO2/c8-9(11)7-3-1-2-6(4-7)5-10/h1-4,10-11H,5H2. The van der Waals surface area contributed by atoms with Crippen molar-refractivity contribution in [3.8, 4) is 0 Å². The van der Waals surface area contributed by atoms with E-state index in [9.17, 15) is 0 Å². The third-order valence-corrected chi connectivity index (χ3v) is 1.50. The van der Waals surface area contributed by atoms with E-state index in [1.807, 2.05) is 0 Å². The first-order valence-electron chi connectivity index (χ1n) is 3.08. The molecule has 1 aromatic carbocycles. The number of aliphatic hydroxyl groups is 1. The molecule has 0 atom stereocenters. The van der Waals surface area contributed by atoms with Crippen molar-refractivity contribution in [2.75, 3.05) is 4.58 Å². The lowest BCUT2D eigenvalue weighted by Gasteiger charge is -2.06. The molecule has 0 bridgehead atoms. The molecule has 0 unspecified atom stereocenters. The van der Waals surface area contributed by atoms with Crippen LogP contribution < -0.4 is 4.58 Å². The lowest BCUT2D eigenvalue weighted by molar-refractivity contribution is 0.281. The largest absolute Gasteiger partial charge is 0.392 e. The van der Waals surface area contributed by atoms with Crippen LogP contribution in [-0.2, 0) is 6.61 Å². The maximum absolute atomic E-state index is 8.76. The molecule has 0 aliphatic heterocycles. The number of benzene rings is 1. The van der Waals surface area contributed by atoms with Crippen LogP contribution >= 0.6 is 11.8 Å². The summed E-state index contributed by atoms with van der Waals surface area (Å²) in [7, 11) is 0. The Bertz CT molecular complexity index is 240. The molecule has 0 saturated carbocycles. The van der Waals surface area contributed by atoms with Crippen molar-refractivity contribution in [3.05, 3.63) is 29.8 Å². The predicted octanol–water partition coefficient (Wildman–Crippen LogP) is 1.53. The fraction of sp³-hybridized carbons (Fsp3) is 0.143. The van der Waals surface area contributed by atoms with Crippen LogP contribution in [0.4, 0.5) is 5.69 Å². The molecule has 0 radical (unpaired) electrons. The topological polar surface area (TPSA) is 43.7 Å². The van der Waals surface area contributed by atoms with Gasteiger partial charge in [-0.1, -0.05) is 12.1 Å². The Balaban J connectivity index is 2.91. The first-order valence-corrected chi connectivity index (χ1v) is 3.42. The molecule has 0 amide bonds. The number of nitrogens with zero attached hydrogens (tertiary/aromatic N) is 1. The van der Waals surface area contributed by atoms with Gasteiger partial charge in [-0.05, 0) is 17.7 Å². The number of halogens is 1. The van der Waals surface area contributed by atoms with Gasteiger partial charge in [0.05, 0.1) is 12.3 Å². The third kappa shape index (κ3) is 2.08. The molecule has 3 nitrogen and oxygen atoms in total. The van der Waals surface area contributed by atoms with E-state index in [1.54, 1.807) is 24.3 Å². The smallest absolute Gasteiger partial charge is 0.0828 e. The molecule has 11 heavy (non-hydrogen) atoms. The summed E-state index contributed by atoms with van der Waals surface area (Å²) in [5.74, 6) is 0. The van der Waals surface area contributed by atoms with Crippen molar-refractivity contribution in [2.45, 2.75) is 6.61 Å². The highest BCUT2D eigenvalue weighted by Gasteiger charge is 1.98. The minimum Gasteiger partial charge on any atom is -0.392 e. The van der Waals surface area contributed by atoms with Crippen molar-refractivity contribution in [1.82, 2.24) is 0 Å². The van der Waals surface area contributed by atoms with Crippen LogP contribution in [0.15, 0.2) is 24.3 Å². The second kappa shape index (κ2) is 3.57. The fourth-order valence-corrected chi connectivity index (χ4v) is 0.875. The molecule has 0 aliphatic carbocycles. The highest BCUT2D eigenvalue weighted by Crippen LogP contribution is 2.15. The molecule has 0 aromatic heterocycles. The Kier molecular flexibility index (Phi) is 2.70. The summed E-state index contributed by atoms with van der Waals surface area (Å²) in [6.07, 6.45) is 0. The first-order chi connectivity index (χ1) is 5.24. The average molecular weight is 174 g/mol. The van der Waals surface area contributed by atoms with E-state index in [0.717, 1.165) is 0 Å². The molecule has 60 valence electrons. The minimum absolute atomic E-state index is 0.0570. The Morgan fingerprint density at radius 2 is 2.18 bits per heavy atom. The van der Waals surface area contributed by atoms with Gasteiger partial charge in [-0.3, -0.25) is 5.21 Å². The molecule has 1 rings (SSSR count). The summed E-state index contributed by atoms with van der Waals surface area (Å²) in [6, 6.07) is 6.66. The summed E-state index contributed by atoms with van der Waals surface area (Å²) in [6.45, 7) is -0.0570. The van der Waals surface area contributed by atoms with Crippen molar-refractivity contribution in [1.29, 1.82) is 0 Å². The van der Waals surface area contributed by atoms with E-state index in [4.69, 9.17) is 22.1 Å². The summed E-state index contributed by atoms with van der Waals surface area (Å²) >= 11 is 5.24. The summed E-state index contributed by atoms with van der Waals surface area (Å²) in [4.78, 5) is 0.